The summed E-state index contributed by atoms with van der Waals surface area (Å²) in [7, 11) is -5.45. The molecule has 2 aliphatic rings. The molecule has 0 spiro atoms. The second kappa shape index (κ2) is 12.4. The van der Waals surface area contributed by atoms with Crippen LogP contribution in [0, 0.1) is 11.3 Å². The first-order chi connectivity index (χ1) is 19.6. The van der Waals surface area contributed by atoms with Crippen LogP contribution in [0.4, 0.5) is 13.2 Å². The summed E-state index contributed by atoms with van der Waals surface area (Å²) in [5.74, 6) is 0.400. The molecule has 1 unspecified atom stereocenters. The maximum Gasteiger partial charge on any atom is 0.501 e. The zero-order valence-corrected chi connectivity index (χ0v) is 25.4. The summed E-state index contributed by atoms with van der Waals surface area (Å²) in [6, 6.07) is 14.0. The summed E-state index contributed by atoms with van der Waals surface area (Å²) in [5.41, 5.74) is -4.03. The number of amides is 2. The van der Waals surface area contributed by atoms with Gasteiger partial charge in [0.05, 0.1) is 10.9 Å². The second-order valence-electron chi connectivity index (χ2n) is 12.4. The number of halogens is 3. The molecule has 0 aliphatic carbocycles. The van der Waals surface area contributed by atoms with Gasteiger partial charge in [-0.25, -0.2) is 8.42 Å². The summed E-state index contributed by atoms with van der Waals surface area (Å²) >= 11 is 0. The van der Waals surface area contributed by atoms with Crippen LogP contribution in [0.1, 0.15) is 64.1 Å². The summed E-state index contributed by atoms with van der Waals surface area (Å²) in [6.07, 6.45) is 2.05. The average molecular weight is 608 g/mol. The average Bonchev–Trinajstić information content (AvgIpc) is 2.93. The summed E-state index contributed by atoms with van der Waals surface area (Å²) in [4.78, 5) is 30.6. The standard InChI is InChI=1S/C31H40F3N3O4S/c1-22(38)35-16-14-23(15-17-35)20-28(39)37-19-18-36(21-27(37)30(2,3)4)29(24-8-6-5-7-9-24)25-10-12-26(13-11-25)42(40,41)31(32,33)34/h5-13,23,27,29H,14-21H2,1-4H3/t27-,29?/m1/s1. The van der Waals surface area contributed by atoms with Crippen LogP contribution in [0.25, 0.3) is 0 Å². The molecular formula is C31H40F3N3O4S. The van der Waals surface area contributed by atoms with Gasteiger partial charge in [-0.05, 0) is 47.4 Å². The van der Waals surface area contributed by atoms with Gasteiger partial charge >= 0.3 is 5.51 Å². The molecular weight excluding hydrogens is 567 g/mol. The van der Waals surface area contributed by atoms with Crippen LogP contribution in [0.3, 0.4) is 0 Å². The lowest BCUT2D eigenvalue weighted by atomic mass is 9.82. The topological polar surface area (TPSA) is 78.0 Å². The number of hydrogen-bond acceptors (Lipinski definition) is 5. The molecule has 230 valence electrons. The Kier molecular flexibility index (Phi) is 9.42. The highest BCUT2D eigenvalue weighted by Gasteiger charge is 2.47. The van der Waals surface area contributed by atoms with Gasteiger partial charge < -0.3 is 9.80 Å². The molecule has 2 aromatic rings. The first-order valence-corrected chi connectivity index (χ1v) is 15.8. The van der Waals surface area contributed by atoms with Crippen LogP contribution in [0.2, 0.25) is 0 Å². The van der Waals surface area contributed by atoms with Crippen LogP contribution in [0.15, 0.2) is 59.5 Å². The minimum absolute atomic E-state index is 0.0632. The molecule has 0 aromatic heterocycles. The van der Waals surface area contributed by atoms with Crippen LogP contribution >= 0.6 is 0 Å². The third-order valence-electron chi connectivity index (χ3n) is 8.55. The second-order valence-corrected chi connectivity index (χ2v) is 14.4. The Labute approximate surface area is 246 Å². The van der Waals surface area contributed by atoms with Gasteiger partial charge in [0.1, 0.15) is 0 Å². The Morgan fingerprint density at radius 2 is 1.45 bits per heavy atom. The molecule has 2 atom stereocenters. The highest BCUT2D eigenvalue weighted by molar-refractivity contribution is 7.92. The molecule has 7 nitrogen and oxygen atoms in total. The van der Waals surface area contributed by atoms with Crippen molar-refractivity contribution < 1.29 is 31.2 Å². The maximum atomic E-state index is 13.6. The lowest BCUT2D eigenvalue weighted by Gasteiger charge is -2.50. The van der Waals surface area contributed by atoms with Gasteiger partial charge in [-0.1, -0.05) is 63.2 Å². The molecule has 2 aliphatic heterocycles. The SMILES string of the molecule is CC(=O)N1CCC(CC(=O)N2CCN(C(c3ccccc3)c3ccc(S(=O)(=O)C(F)(F)F)cc3)C[C@@H]2C(C)(C)C)CC1. The molecule has 4 rings (SSSR count). The number of piperazine rings is 1. The lowest BCUT2D eigenvalue weighted by molar-refractivity contribution is -0.141. The third kappa shape index (κ3) is 6.99. The van der Waals surface area contributed by atoms with E-state index in [1.807, 2.05) is 40.1 Å². The van der Waals surface area contributed by atoms with Crippen LogP contribution in [-0.2, 0) is 19.4 Å². The van der Waals surface area contributed by atoms with Gasteiger partial charge in [-0.3, -0.25) is 14.5 Å². The number of rotatable bonds is 6. The van der Waals surface area contributed by atoms with E-state index in [1.165, 1.54) is 12.1 Å². The molecule has 11 heteroatoms. The fourth-order valence-corrected chi connectivity index (χ4v) is 6.87. The van der Waals surface area contributed by atoms with Crippen molar-refractivity contribution in [2.24, 2.45) is 11.3 Å². The number of likely N-dealkylation sites (tertiary alicyclic amines) is 1. The molecule has 2 amide bonds. The number of sulfone groups is 1. The monoisotopic (exact) mass is 607 g/mol. The number of hydrogen-bond donors (Lipinski definition) is 0. The Hall–Kier alpha value is -2.92. The number of carbonyl (C=O) groups is 2. The lowest BCUT2D eigenvalue weighted by Crippen LogP contribution is -2.60. The molecule has 0 radical (unpaired) electrons. The van der Waals surface area contributed by atoms with Crippen molar-refractivity contribution in [1.29, 1.82) is 0 Å². The Morgan fingerprint density at radius 3 is 1.98 bits per heavy atom. The van der Waals surface area contributed by atoms with E-state index in [0.717, 1.165) is 30.5 Å². The third-order valence-corrected chi connectivity index (χ3v) is 10.0. The van der Waals surface area contributed by atoms with Gasteiger partial charge in [0.25, 0.3) is 9.84 Å². The number of nitrogens with zero attached hydrogens (tertiary/aromatic N) is 3. The molecule has 0 saturated carbocycles. The van der Waals surface area contributed by atoms with E-state index >= 15 is 0 Å². The fourth-order valence-electron chi connectivity index (χ4n) is 6.11. The highest BCUT2D eigenvalue weighted by atomic mass is 32.2. The first kappa shape index (κ1) is 32.0. The minimum atomic E-state index is -5.45. The first-order valence-electron chi connectivity index (χ1n) is 14.3. The normalized spacial score (nSPS) is 20.4. The van der Waals surface area contributed by atoms with E-state index in [9.17, 15) is 31.2 Å². The molecule has 0 bridgehead atoms. The van der Waals surface area contributed by atoms with Gasteiger partial charge in [-0.2, -0.15) is 13.2 Å². The predicted octanol–water partition coefficient (Wildman–Crippen LogP) is 5.28. The number of benzene rings is 2. The quantitative estimate of drug-likeness (QED) is 0.447. The van der Waals surface area contributed by atoms with Crippen molar-refractivity contribution in [2.45, 2.75) is 69.4 Å². The number of alkyl halides is 3. The van der Waals surface area contributed by atoms with Crippen molar-refractivity contribution in [3.05, 3.63) is 65.7 Å². The minimum Gasteiger partial charge on any atom is -0.343 e. The molecule has 42 heavy (non-hydrogen) atoms. The van der Waals surface area contributed by atoms with E-state index in [4.69, 9.17) is 0 Å². The highest BCUT2D eigenvalue weighted by Crippen LogP contribution is 2.37. The molecule has 2 heterocycles. The van der Waals surface area contributed by atoms with Crippen LogP contribution in [-0.4, -0.2) is 79.2 Å². The zero-order chi connectivity index (χ0) is 30.9. The summed E-state index contributed by atoms with van der Waals surface area (Å²) < 4.78 is 63.3. The van der Waals surface area contributed by atoms with Crippen LogP contribution < -0.4 is 0 Å². The van der Waals surface area contributed by atoms with Crippen molar-refractivity contribution in [3.63, 3.8) is 0 Å². The fraction of sp³-hybridized carbons (Fsp3) is 0.548. The number of piperidine rings is 1. The largest absolute Gasteiger partial charge is 0.501 e. The zero-order valence-electron chi connectivity index (χ0n) is 24.6. The maximum absolute atomic E-state index is 13.6. The Bertz CT molecular complexity index is 1350. The Morgan fingerprint density at radius 1 is 0.881 bits per heavy atom. The van der Waals surface area contributed by atoms with Crippen molar-refractivity contribution in [3.8, 4) is 0 Å². The van der Waals surface area contributed by atoms with Gasteiger partial charge in [0.2, 0.25) is 11.8 Å². The molecule has 2 saturated heterocycles. The van der Waals surface area contributed by atoms with Crippen molar-refractivity contribution >= 4 is 21.7 Å². The van der Waals surface area contributed by atoms with E-state index < -0.39 is 20.2 Å². The van der Waals surface area contributed by atoms with E-state index in [0.29, 0.717) is 44.7 Å². The summed E-state index contributed by atoms with van der Waals surface area (Å²) in [5, 5.41) is 0. The predicted molar refractivity (Wildman–Crippen MR) is 154 cm³/mol. The molecule has 0 N–H and O–H groups in total. The van der Waals surface area contributed by atoms with Crippen LogP contribution in [0.5, 0.6) is 0 Å². The molecule has 2 fully saturated rings. The number of carbonyl (C=O) groups excluding carboxylic acids is 2. The van der Waals surface area contributed by atoms with Crippen molar-refractivity contribution in [2.75, 3.05) is 32.7 Å². The molecule has 2 aromatic carbocycles. The van der Waals surface area contributed by atoms with Gasteiger partial charge in [0.15, 0.2) is 0 Å². The Balaban J connectivity index is 1.57. The van der Waals surface area contributed by atoms with E-state index in [1.54, 1.807) is 6.92 Å². The smallest absolute Gasteiger partial charge is 0.343 e. The van der Waals surface area contributed by atoms with Gasteiger partial charge in [-0.15, -0.1) is 0 Å². The van der Waals surface area contributed by atoms with Crippen molar-refractivity contribution in [1.82, 2.24) is 14.7 Å². The summed E-state index contributed by atoms with van der Waals surface area (Å²) in [6.45, 7) is 10.8. The van der Waals surface area contributed by atoms with E-state index in [-0.39, 0.29) is 35.2 Å². The van der Waals surface area contributed by atoms with Gasteiger partial charge in [0, 0.05) is 52.1 Å². The van der Waals surface area contributed by atoms with E-state index in [2.05, 4.69) is 25.7 Å².